The molecule has 0 saturated carbocycles. The van der Waals surface area contributed by atoms with Gasteiger partial charge >= 0.3 is 17.8 Å². The maximum Gasteiger partial charge on any atom is 0.312 e. The normalized spacial score (nSPS) is 39.6. The van der Waals surface area contributed by atoms with Gasteiger partial charge in [-0.25, -0.2) is 0 Å². The molecule has 0 amide bonds. The highest BCUT2D eigenvalue weighted by Crippen LogP contribution is 2.23. The molecule has 1 rings (SSSR count). The average Bonchev–Trinajstić information content (AvgIpc) is 1.99. The van der Waals surface area contributed by atoms with E-state index < -0.39 is 36.2 Å². The van der Waals surface area contributed by atoms with Crippen LogP contribution in [0.2, 0.25) is 32.7 Å². The Hall–Kier alpha value is 0.708. The molecule has 16 heavy (non-hydrogen) atoms. The molecule has 0 N–H and O–H groups in total. The fourth-order valence-electron chi connectivity index (χ4n) is 1.84. The number of hydrogen-bond donors (Lipinski definition) is 0. The summed E-state index contributed by atoms with van der Waals surface area (Å²) in [6, 6.07) is 0. The Balaban J connectivity index is 2.86. The smallest absolute Gasteiger partial charge is 0.312 e. The van der Waals surface area contributed by atoms with Crippen LogP contribution >= 0.6 is 0 Å². The molecule has 3 atom stereocenters. The van der Waals surface area contributed by atoms with Gasteiger partial charge in [-0.2, -0.15) is 0 Å². The molecule has 3 unspecified atom stereocenters. The first-order valence-corrected chi connectivity index (χ1v) is 15.0. The van der Waals surface area contributed by atoms with E-state index in [0.717, 1.165) is 0 Å². The van der Waals surface area contributed by atoms with Gasteiger partial charge in [-0.15, -0.1) is 0 Å². The third-order valence-electron chi connectivity index (χ3n) is 2.74. The fourth-order valence-corrected chi connectivity index (χ4v) is 15.6. The molecule has 0 aliphatic carbocycles. The summed E-state index contributed by atoms with van der Waals surface area (Å²) in [5.74, 6) is 0. The maximum atomic E-state index is 6.20. The van der Waals surface area contributed by atoms with E-state index in [1.807, 2.05) is 0 Å². The Morgan fingerprint density at radius 1 is 0.938 bits per heavy atom. The summed E-state index contributed by atoms with van der Waals surface area (Å²) in [4.78, 5) is 0. The maximum absolute atomic E-state index is 6.20. The molecular weight excluding hydrogens is 272 g/mol. The summed E-state index contributed by atoms with van der Waals surface area (Å²) in [5, 5.41) is -0.155. The van der Waals surface area contributed by atoms with Crippen LogP contribution in [-0.2, 0) is 16.8 Å². The number of rotatable bonds is 0. The zero-order chi connectivity index (χ0) is 12.6. The van der Waals surface area contributed by atoms with Crippen LogP contribution in [0.3, 0.4) is 0 Å². The molecule has 0 spiro atoms. The van der Waals surface area contributed by atoms with Crippen molar-refractivity contribution >= 4 is 36.2 Å². The van der Waals surface area contributed by atoms with Gasteiger partial charge in [-0.05, 0) is 46.6 Å². The molecule has 0 aromatic carbocycles. The highest BCUT2D eigenvalue weighted by Gasteiger charge is 2.40. The predicted octanol–water partition coefficient (Wildman–Crippen LogP) is 1.14. The van der Waals surface area contributed by atoms with Crippen molar-refractivity contribution in [3.63, 3.8) is 0 Å². The molecule has 4 nitrogen and oxygen atoms in total. The van der Waals surface area contributed by atoms with E-state index in [9.17, 15) is 0 Å². The zero-order valence-electron chi connectivity index (χ0n) is 11.4. The van der Waals surface area contributed by atoms with Crippen LogP contribution in [0.25, 0.3) is 0 Å². The third-order valence-corrected chi connectivity index (χ3v) is 16.4. The molecular formula is C8H24O4Si4. The van der Waals surface area contributed by atoms with Crippen LogP contribution in [0, 0.1) is 0 Å². The lowest BCUT2D eigenvalue weighted by Crippen LogP contribution is -2.51. The summed E-state index contributed by atoms with van der Waals surface area (Å²) in [6.45, 7) is 14.8. The highest BCUT2D eigenvalue weighted by molar-refractivity contribution is 6.79. The molecule has 1 aliphatic heterocycles. The lowest BCUT2D eigenvalue weighted by Gasteiger charge is -2.35. The van der Waals surface area contributed by atoms with Crippen LogP contribution in [0.4, 0.5) is 0 Å². The largest absolute Gasteiger partial charge is 0.437 e. The third kappa shape index (κ3) is 4.18. The molecule has 0 aromatic rings. The lowest BCUT2D eigenvalue weighted by molar-refractivity contribution is 0.149. The SMILES string of the molecule is C[SiH]1O[SiH](C)O[Si](C)(C)O[SiH](C)C(C)(C)O1. The molecule has 8 heteroatoms. The Labute approximate surface area is 105 Å². The minimum absolute atomic E-state index is 0.155. The average molecular weight is 297 g/mol. The molecule has 0 radical (unpaired) electrons. The van der Waals surface area contributed by atoms with E-state index in [4.69, 9.17) is 16.8 Å². The van der Waals surface area contributed by atoms with Crippen LogP contribution in [-0.4, -0.2) is 41.4 Å². The van der Waals surface area contributed by atoms with Crippen LogP contribution in [0.15, 0.2) is 0 Å². The zero-order valence-corrected chi connectivity index (χ0v) is 15.8. The van der Waals surface area contributed by atoms with Crippen molar-refractivity contribution < 1.29 is 16.8 Å². The monoisotopic (exact) mass is 296 g/mol. The first-order chi connectivity index (χ1) is 7.12. The standard InChI is InChI=1S/C8H24O4Si4/c1-8(2)9-14(4)10-15(5)12-16(6,7)11-13(8)3/h13-15H,1-7H3. The van der Waals surface area contributed by atoms with Crippen molar-refractivity contribution in [1.82, 2.24) is 0 Å². The van der Waals surface area contributed by atoms with Gasteiger partial charge < -0.3 is 16.8 Å². The number of hydrogen-bond acceptors (Lipinski definition) is 4. The second-order valence-electron chi connectivity index (χ2n) is 5.27. The summed E-state index contributed by atoms with van der Waals surface area (Å²) in [5.41, 5.74) is 0. The van der Waals surface area contributed by atoms with Gasteiger partial charge in [0, 0.05) is 0 Å². The van der Waals surface area contributed by atoms with E-state index in [1.54, 1.807) is 0 Å². The van der Waals surface area contributed by atoms with Crippen molar-refractivity contribution in [1.29, 1.82) is 0 Å². The fraction of sp³-hybridized carbons (Fsp3) is 1.00. The summed E-state index contributed by atoms with van der Waals surface area (Å²) >= 11 is 0. The van der Waals surface area contributed by atoms with E-state index >= 15 is 0 Å². The van der Waals surface area contributed by atoms with Gasteiger partial charge in [0.2, 0.25) is 0 Å². The molecule has 1 aliphatic rings. The predicted molar refractivity (Wildman–Crippen MR) is 74.9 cm³/mol. The first-order valence-electron chi connectivity index (χ1n) is 5.81. The van der Waals surface area contributed by atoms with E-state index in [2.05, 4.69) is 46.6 Å². The molecule has 0 bridgehead atoms. The lowest BCUT2D eigenvalue weighted by atomic mass is 10.5. The van der Waals surface area contributed by atoms with Crippen molar-refractivity contribution in [3.8, 4) is 0 Å². The molecule has 1 heterocycles. The van der Waals surface area contributed by atoms with Gasteiger partial charge in [-0.3, -0.25) is 0 Å². The van der Waals surface area contributed by atoms with Crippen LogP contribution in [0.1, 0.15) is 13.8 Å². The van der Waals surface area contributed by atoms with Gasteiger partial charge in [0.25, 0.3) is 9.28 Å². The van der Waals surface area contributed by atoms with Gasteiger partial charge in [0.15, 0.2) is 9.04 Å². The molecule has 0 aromatic heterocycles. The second kappa shape index (κ2) is 5.14. The Morgan fingerprint density at radius 2 is 1.50 bits per heavy atom. The summed E-state index contributed by atoms with van der Waals surface area (Å²) in [6.07, 6.45) is 0. The van der Waals surface area contributed by atoms with Crippen molar-refractivity contribution in [2.24, 2.45) is 0 Å². The van der Waals surface area contributed by atoms with Crippen LogP contribution in [0.5, 0.6) is 0 Å². The molecule has 96 valence electrons. The quantitative estimate of drug-likeness (QED) is 0.628. The molecule has 1 saturated heterocycles. The Morgan fingerprint density at radius 3 is 2.06 bits per heavy atom. The summed E-state index contributed by atoms with van der Waals surface area (Å²) < 4.78 is 24.2. The highest BCUT2D eigenvalue weighted by atomic mass is 28.5. The van der Waals surface area contributed by atoms with E-state index in [-0.39, 0.29) is 5.22 Å². The Kier molecular flexibility index (Phi) is 4.75. The van der Waals surface area contributed by atoms with Crippen molar-refractivity contribution in [3.05, 3.63) is 0 Å². The minimum Gasteiger partial charge on any atom is -0.437 e. The van der Waals surface area contributed by atoms with Crippen molar-refractivity contribution in [2.75, 3.05) is 0 Å². The van der Waals surface area contributed by atoms with E-state index in [1.165, 1.54) is 0 Å². The minimum atomic E-state index is -2.01. The van der Waals surface area contributed by atoms with Crippen molar-refractivity contribution in [2.45, 2.75) is 51.8 Å². The van der Waals surface area contributed by atoms with E-state index in [0.29, 0.717) is 0 Å². The molecule has 1 fully saturated rings. The topological polar surface area (TPSA) is 36.9 Å². The van der Waals surface area contributed by atoms with Gasteiger partial charge in [0.1, 0.15) is 0 Å². The second-order valence-corrected chi connectivity index (χ2v) is 16.2. The van der Waals surface area contributed by atoms with Gasteiger partial charge in [0.05, 0.1) is 5.22 Å². The Bertz CT molecular complexity index is 248. The first kappa shape index (κ1) is 14.8. The summed E-state index contributed by atoms with van der Waals surface area (Å²) in [7, 11) is -6.55. The van der Waals surface area contributed by atoms with Crippen LogP contribution < -0.4 is 0 Å². The van der Waals surface area contributed by atoms with Gasteiger partial charge in [-0.1, -0.05) is 0 Å².